The topological polar surface area (TPSA) is 83.5 Å². The summed E-state index contributed by atoms with van der Waals surface area (Å²) in [6, 6.07) is 4.26. The molecule has 0 aliphatic carbocycles. The molecule has 1 N–H and O–H groups in total. The summed E-state index contributed by atoms with van der Waals surface area (Å²) < 4.78 is 5.32. The number of ether oxygens (including phenoxy) is 1. The SMILES string of the molecule is COc1ncccc1CN[C@@H]1CCN(c2nc(C(=O)N(C)C)nc(C)c2C)C1. The fourth-order valence-corrected chi connectivity index (χ4v) is 3.33. The number of carbonyl (C=O) groups is 1. The van der Waals surface area contributed by atoms with E-state index in [2.05, 4.69) is 25.2 Å². The van der Waals surface area contributed by atoms with Gasteiger partial charge in [-0.05, 0) is 26.3 Å². The van der Waals surface area contributed by atoms with Crippen molar-refractivity contribution in [2.75, 3.05) is 39.2 Å². The predicted molar refractivity (Wildman–Crippen MR) is 108 cm³/mol. The molecule has 0 spiro atoms. The van der Waals surface area contributed by atoms with Crippen molar-refractivity contribution in [1.82, 2.24) is 25.2 Å². The van der Waals surface area contributed by atoms with E-state index < -0.39 is 0 Å². The molecule has 1 fully saturated rings. The number of nitrogens with one attached hydrogen (secondary N) is 1. The van der Waals surface area contributed by atoms with E-state index in [4.69, 9.17) is 4.74 Å². The van der Waals surface area contributed by atoms with E-state index in [0.29, 0.717) is 18.5 Å². The van der Waals surface area contributed by atoms with Gasteiger partial charge in [0.25, 0.3) is 5.91 Å². The average molecular weight is 384 g/mol. The van der Waals surface area contributed by atoms with Crippen molar-refractivity contribution in [3.63, 3.8) is 0 Å². The monoisotopic (exact) mass is 384 g/mol. The molecule has 1 aliphatic rings. The van der Waals surface area contributed by atoms with Gasteiger partial charge in [-0.25, -0.2) is 15.0 Å². The van der Waals surface area contributed by atoms with Crippen LogP contribution in [0.3, 0.4) is 0 Å². The first kappa shape index (κ1) is 20.0. The lowest BCUT2D eigenvalue weighted by atomic mass is 10.2. The minimum Gasteiger partial charge on any atom is -0.481 e. The first-order chi connectivity index (χ1) is 13.4. The van der Waals surface area contributed by atoms with E-state index in [-0.39, 0.29) is 11.7 Å². The molecule has 8 nitrogen and oxygen atoms in total. The number of hydrogen-bond acceptors (Lipinski definition) is 7. The van der Waals surface area contributed by atoms with Crippen LogP contribution in [0.25, 0.3) is 0 Å². The molecule has 0 saturated carbocycles. The largest absolute Gasteiger partial charge is 0.481 e. The van der Waals surface area contributed by atoms with Crippen LogP contribution in [0.15, 0.2) is 18.3 Å². The van der Waals surface area contributed by atoms with Crippen molar-refractivity contribution in [1.29, 1.82) is 0 Å². The molecule has 1 amide bonds. The number of aryl methyl sites for hydroxylation is 1. The van der Waals surface area contributed by atoms with Crippen LogP contribution >= 0.6 is 0 Å². The van der Waals surface area contributed by atoms with Crippen molar-refractivity contribution in [3.05, 3.63) is 41.0 Å². The Morgan fingerprint density at radius 2 is 2.14 bits per heavy atom. The number of anilines is 1. The fourth-order valence-electron chi connectivity index (χ4n) is 3.33. The molecule has 1 saturated heterocycles. The summed E-state index contributed by atoms with van der Waals surface area (Å²) in [5, 5.41) is 3.58. The Balaban J connectivity index is 1.70. The zero-order valence-electron chi connectivity index (χ0n) is 17.2. The molecule has 0 bridgehead atoms. The Kier molecular flexibility index (Phi) is 6.08. The minimum atomic E-state index is -0.179. The van der Waals surface area contributed by atoms with Gasteiger partial charge < -0.3 is 19.9 Å². The summed E-state index contributed by atoms with van der Waals surface area (Å²) >= 11 is 0. The van der Waals surface area contributed by atoms with E-state index in [9.17, 15) is 4.79 Å². The van der Waals surface area contributed by atoms with Gasteiger partial charge in [0.1, 0.15) is 5.82 Å². The Bertz CT molecular complexity index is 855. The molecule has 0 aromatic carbocycles. The molecular formula is C20H28N6O2. The maximum atomic E-state index is 12.3. The summed E-state index contributed by atoms with van der Waals surface area (Å²) in [6.45, 7) is 6.34. The first-order valence-electron chi connectivity index (χ1n) is 9.43. The van der Waals surface area contributed by atoms with E-state index >= 15 is 0 Å². The second-order valence-corrected chi connectivity index (χ2v) is 7.27. The molecule has 3 heterocycles. The van der Waals surface area contributed by atoms with E-state index in [1.807, 2.05) is 26.0 Å². The second-order valence-electron chi connectivity index (χ2n) is 7.27. The standard InChI is InChI=1S/C20H28N6O2/c1-13-14(2)23-17(20(27)25(3)4)24-18(13)26-10-8-16(12-26)22-11-15-7-6-9-21-19(15)28-5/h6-7,9,16,22H,8,10-12H2,1-5H3/t16-/m1/s1. The lowest BCUT2D eigenvalue weighted by Gasteiger charge is -2.22. The number of aromatic nitrogens is 3. The molecule has 28 heavy (non-hydrogen) atoms. The summed E-state index contributed by atoms with van der Waals surface area (Å²) in [4.78, 5) is 29.2. The summed E-state index contributed by atoms with van der Waals surface area (Å²) in [6.07, 6.45) is 2.73. The highest BCUT2D eigenvalue weighted by Crippen LogP contribution is 2.24. The highest BCUT2D eigenvalue weighted by Gasteiger charge is 2.26. The Morgan fingerprint density at radius 1 is 1.36 bits per heavy atom. The molecule has 8 heteroatoms. The lowest BCUT2D eigenvalue weighted by Crippen LogP contribution is -2.33. The molecular weight excluding hydrogens is 356 g/mol. The van der Waals surface area contributed by atoms with Gasteiger partial charge in [-0.2, -0.15) is 0 Å². The van der Waals surface area contributed by atoms with Crippen molar-refractivity contribution in [2.45, 2.75) is 32.9 Å². The molecule has 1 aliphatic heterocycles. The number of nitrogens with zero attached hydrogens (tertiary/aromatic N) is 5. The normalized spacial score (nSPS) is 16.3. The van der Waals surface area contributed by atoms with Crippen molar-refractivity contribution in [3.8, 4) is 5.88 Å². The van der Waals surface area contributed by atoms with E-state index in [1.165, 1.54) is 4.90 Å². The van der Waals surface area contributed by atoms with Crippen LogP contribution < -0.4 is 15.0 Å². The maximum Gasteiger partial charge on any atom is 0.291 e. The van der Waals surface area contributed by atoms with Crippen LogP contribution in [0.5, 0.6) is 5.88 Å². The van der Waals surface area contributed by atoms with Gasteiger partial charge in [-0.1, -0.05) is 6.07 Å². The minimum absolute atomic E-state index is 0.179. The molecule has 150 valence electrons. The number of amides is 1. The van der Waals surface area contributed by atoms with Crippen LogP contribution in [0.2, 0.25) is 0 Å². The quantitative estimate of drug-likeness (QED) is 0.809. The van der Waals surface area contributed by atoms with E-state index in [1.54, 1.807) is 27.4 Å². The van der Waals surface area contributed by atoms with E-state index in [0.717, 1.165) is 42.1 Å². The third-order valence-electron chi connectivity index (χ3n) is 5.07. The number of hydrogen-bond donors (Lipinski definition) is 1. The third-order valence-corrected chi connectivity index (χ3v) is 5.07. The predicted octanol–water partition coefficient (Wildman–Crippen LogP) is 1.57. The van der Waals surface area contributed by atoms with Gasteiger partial charge in [-0.15, -0.1) is 0 Å². The first-order valence-corrected chi connectivity index (χ1v) is 9.43. The highest BCUT2D eigenvalue weighted by molar-refractivity contribution is 5.90. The summed E-state index contributed by atoms with van der Waals surface area (Å²) in [5.74, 6) is 1.57. The Hall–Kier alpha value is -2.74. The fraction of sp³-hybridized carbons (Fsp3) is 0.500. The second kappa shape index (κ2) is 8.52. The number of rotatable bonds is 6. The molecule has 0 unspecified atom stereocenters. The Morgan fingerprint density at radius 3 is 2.86 bits per heavy atom. The molecule has 1 atom stereocenters. The van der Waals surface area contributed by atoms with Gasteiger partial charge in [0.15, 0.2) is 0 Å². The van der Waals surface area contributed by atoms with Crippen LogP contribution in [0.1, 0.15) is 33.9 Å². The molecule has 0 radical (unpaired) electrons. The van der Waals surface area contributed by atoms with Gasteiger partial charge in [0.2, 0.25) is 11.7 Å². The number of methoxy groups -OCH3 is 1. The van der Waals surface area contributed by atoms with Crippen LogP contribution in [0.4, 0.5) is 5.82 Å². The number of carbonyl (C=O) groups excluding carboxylic acids is 1. The number of pyridine rings is 1. The van der Waals surface area contributed by atoms with Crippen molar-refractivity contribution < 1.29 is 9.53 Å². The van der Waals surface area contributed by atoms with Crippen LogP contribution in [-0.4, -0.2) is 66.1 Å². The molecule has 2 aromatic heterocycles. The van der Waals surface area contributed by atoms with Crippen molar-refractivity contribution >= 4 is 11.7 Å². The van der Waals surface area contributed by atoms with Gasteiger partial charge >= 0.3 is 0 Å². The van der Waals surface area contributed by atoms with Crippen LogP contribution in [0, 0.1) is 13.8 Å². The lowest BCUT2D eigenvalue weighted by molar-refractivity contribution is 0.0815. The zero-order chi connectivity index (χ0) is 20.3. The van der Waals surface area contributed by atoms with Gasteiger partial charge in [-0.3, -0.25) is 4.79 Å². The molecule has 3 rings (SSSR count). The zero-order valence-corrected chi connectivity index (χ0v) is 17.2. The van der Waals surface area contributed by atoms with Gasteiger partial charge in [0.05, 0.1) is 7.11 Å². The summed E-state index contributed by atoms with van der Waals surface area (Å²) in [7, 11) is 5.06. The third kappa shape index (κ3) is 4.22. The van der Waals surface area contributed by atoms with Crippen LogP contribution in [-0.2, 0) is 6.54 Å². The molecule has 2 aromatic rings. The average Bonchev–Trinajstić information content (AvgIpc) is 3.16. The van der Waals surface area contributed by atoms with Gasteiger partial charge in [0, 0.05) is 62.8 Å². The highest BCUT2D eigenvalue weighted by atomic mass is 16.5. The smallest absolute Gasteiger partial charge is 0.291 e. The van der Waals surface area contributed by atoms with Crippen molar-refractivity contribution in [2.24, 2.45) is 0 Å². The summed E-state index contributed by atoms with van der Waals surface area (Å²) in [5.41, 5.74) is 2.90. The Labute approximate surface area is 166 Å². The maximum absolute atomic E-state index is 12.3.